The standard InChI is InChI=1S/C21H21N3O5S2/c1-2-11-29-20(26)15-7-6-8-16(12-15)22-19(25)13-17-14-30-21(23-17)24-31(27,28)18-9-4-3-5-10-18/h3-10,12,14H,2,11,13H2,1H3,(H,22,25)(H,23,24). The fraction of sp³-hybridized carbons (Fsp3) is 0.190. The highest BCUT2D eigenvalue weighted by molar-refractivity contribution is 7.93. The van der Waals surface area contributed by atoms with Crippen molar-refractivity contribution in [3.63, 3.8) is 0 Å². The van der Waals surface area contributed by atoms with Crippen LogP contribution in [0.5, 0.6) is 0 Å². The van der Waals surface area contributed by atoms with Crippen LogP contribution < -0.4 is 10.0 Å². The number of esters is 1. The molecule has 1 aromatic heterocycles. The SMILES string of the molecule is CCCOC(=O)c1cccc(NC(=O)Cc2csc(NS(=O)(=O)c3ccccc3)n2)c1. The van der Waals surface area contributed by atoms with E-state index in [2.05, 4.69) is 15.0 Å². The Bertz CT molecular complexity index is 1160. The van der Waals surface area contributed by atoms with Gasteiger partial charge in [-0.3, -0.25) is 9.52 Å². The summed E-state index contributed by atoms with van der Waals surface area (Å²) in [4.78, 5) is 28.6. The van der Waals surface area contributed by atoms with Crippen LogP contribution in [0.25, 0.3) is 0 Å². The van der Waals surface area contributed by atoms with Gasteiger partial charge in [-0.2, -0.15) is 0 Å². The number of sulfonamides is 1. The number of hydrogen-bond acceptors (Lipinski definition) is 7. The summed E-state index contributed by atoms with van der Waals surface area (Å²) in [6.45, 7) is 2.23. The second-order valence-corrected chi connectivity index (χ2v) is 9.04. The van der Waals surface area contributed by atoms with Crippen molar-refractivity contribution in [3.8, 4) is 0 Å². The van der Waals surface area contributed by atoms with Crippen LogP contribution in [0.2, 0.25) is 0 Å². The first-order valence-electron chi connectivity index (χ1n) is 9.46. The molecule has 0 saturated carbocycles. The van der Waals surface area contributed by atoms with Crippen LogP contribution >= 0.6 is 11.3 Å². The number of hydrogen-bond donors (Lipinski definition) is 2. The smallest absolute Gasteiger partial charge is 0.338 e. The van der Waals surface area contributed by atoms with E-state index in [1.807, 2.05) is 6.92 Å². The van der Waals surface area contributed by atoms with Crippen molar-refractivity contribution >= 4 is 44.1 Å². The molecule has 0 atom stereocenters. The number of nitrogens with zero attached hydrogens (tertiary/aromatic N) is 1. The van der Waals surface area contributed by atoms with Gasteiger partial charge in [0.1, 0.15) is 0 Å². The van der Waals surface area contributed by atoms with Crippen LogP contribution in [0.4, 0.5) is 10.8 Å². The molecule has 0 spiro atoms. The summed E-state index contributed by atoms with van der Waals surface area (Å²) in [6.07, 6.45) is 0.674. The molecule has 3 aromatic rings. The van der Waals surface area contributed by atoms with E-state index in [1.165, 1.54) is 18.2 Å². The van der Waals surface area contributed by atoms with Crippen molar-refractivity contribution in [2.75, 3.05) is 16.6 Å². The van der Waals surface area contributed by atoms with Gasteiger partial charge in [0.25, 0.3) is 10.0 Å². The van der Waals surface area contributed by atoms with Gasteiger partial charge in [-0.05, 0) is 36.8 Å². The molecule has 0 aliphatic rings. The number of carbonyl (C=O) groups excluding carboxylic acids is 2. The molecule has 0 aliphatic heterocycles. The Hall–Kier alpha value is -3.24. The largest absolute Gasteiger partial charge is 0.462 e. The summed E-state index contributed by atoms with van der Waals surface area (Å²) < 4.78 is 32.2. The Balaban J connectivity index is 1.60. The fourth-order valence-corrected chi connectivity index (χ4v) is 4.56. The molecule has 2 aromatic carbocycles. The first-order chi connectivity index (χ1) is 14.9. The number of aromatic nitrogens is 1. The van der Waals surface area contributed by atoms with Gasteiger partial charge in [0, 0.05) is 11.1 Å². The molecule has 0 bridgehead atoms. The monoisotopic (exact) mass is 459 g/mol. The van der Waals surface area contributed by atoms with Crippen LogP contribution in [-0.4, -0.2) is 31.9 Å². The zero-order valence-corrected chi connectivity index (χ0v) is 18.3. The van der Waals surface area contributed by atoms with Crippen molar-refractivity contribution < 1.29 is 22.7 Å². The van der Waals surface area contributed by atoms with E-state index in [1.54, 1.807) is 41.8 Å². The summed E-state index contributed by atoms with van der Waals surface area (Å²) in [7, 11) is -3.74. The van der Waals surface area contributed by atoms with E-state index in [4.69, 9.17) is 4.74 Å². The minimum atomic E-state index is -3.74. The number of benzene rings is 2. The third-order valence-electron chi connectivity index (χ3n) is 3.99. The first-order valence-corrected chi connectivity index (χ1v) is 11.8. The average molecular weight is 460 g/mol. The van der Waals surface area contributed by atoms with Gasteiger partial charge in [-0.15, -0.1) is 11.3 Å². The zero-order chi connectivity index (χ0) is 22.3. The Morgan fingerprint density at radius 3 is 2.61 bits per heavy atom. The quantitative estimate of drug-likeness (QED) is 0.472. The summed E-state index contributed by atoms with van der Waals surface area (Å²) in [6, 6.07) is 14.4. The molecule has 162 valence electrons. The maximum Gasteiger partial charge on any atom is 0.338 e. The molecule has 0 fully saturated rings. The van der Waals surface area contributed by atoms with E-state index < -0.39 is 16.0 Å². The predicted molar refractivity (Wildman–Crippen MR) is 119 cm³/mol. The third-order valence-corrected chi connectivity index (χ3v) is 6.28. The van der Waals surface area contributed by atoms with Crippen LogP contribution in [0.1, 0.15) is 29.4 Å². The molecular formula is C21H21N3O5S2. The fourth-order valence-electron chi connectivity index (χ4n) is 2.58. The molecule has 31 heavy (non-hydrogen) atoms. The van der Waals surface area contributed by atoms with E-state index in [0.717, 1.165) is 17.8 Å². The Kier molecular flexibility index (Phi) is 7.37. The zero-order valence-electron chi connectivity index (χ0n) is 16.7. The molecule has 8 nitrogen and oxygen atoms in total. The molecular weight excluding hydrogens is 438 g/mol. The van der Waals surface area contributed by atoms with Gasteiger partial charge in [0.2, 0.25) is 5.91 Å². The molecule has 0 aliphatic carbocycles. The van der Waals surface area contributed by atoms with Gasteiger partial charge in [-0.25, -0.2) is 18.2 Å². The van der Waals surface area contributed by atoms with Gasteiger partial charge >= 0.3 is 5.97 Å². The van der Waals surface area contributed by atoms with Crippen LogP contribution in [0, 0.1) is 0 Å². The lowest BCUT2D eigenvalue weighted by Crippen LogP contribution is -2.16. The maximum absolute atomic E-state index is 12.4. The summed E-state index contributed by atoms with van der Waals surface area (Å²) in [5.41, 5.74) is 1.22. The molecule has 0 radical (unpaired) electrons. The minimum Gasteiger partial charge on any atom is -0.462 e. The van der Waals surface area contributed by atoms with Crippen molar-refractivity contribution in [1.29, 1.82) is 0 Å². The number of amides is 1. The Morgan fingerprint density at radius 1 is 1.10 bits per heavy atom. The summed E-state index contributed by atoms with van der Waals surface area (Å²) in [5.74, 6) is -0.797. The molecule has 2 N–H and O–H groups in total. The maximum atomic E-state index is 12.4. The molecule has 10 heteroatoms. The molecule has 3 rings (SSSR count). The van der Waals surface area contributed by atoms with Crippen LogP contribution in [0.15, 0.2) is 64.9 Å². The third kappa shape index (κ3) is 6.37. The highest BCUT2D eigenvalue weighted by Gasteiger charge is 2.16. The van der Waals surface area contributed by atoms with Crippen molar-refractivity contribution in [2.24, 2.45) is 0 Å². The Labute approximate surface area is 184 Å². The highest BCUT2D eigenvalue weighted by Crippen LogP contribution is 2.21. The van der Waals surface area contributed by atoms with E-state index in [-0.39, 0.29) is 22.4 Å². The first kappa shape index (κ1) is 22.4. The van der Waals surface area contributed by atoms with Gasteiger partial charge in [-0.1, -0.05) is 31.2 Å². The summed E-state index contributed by atoms with van der Waals surface area (Å²) >= 11 is 1.09. The van der Waals surface area contributed by atoms with E-state index in [9.17, 15) is 18.0 Å². The number of thiazole rings is 1. The van der Waals surface area contributed by atoms with Crippen molar-refractivity contribution in [2.45, 2.75) is 24.7 Å². The van der Waals surface area contributed by atoms with Crippen LogP contribution in [-0.2, 0) is 26.0 Å². The Morgan fingerprint density at radius 2 is 1.87 bits per heavy atom. The van der Waals surface area contributed by atoms with Gasteiger partial charge < -0.3 is 10.1 Å². The second kappa shape index (κ2) is 10.2. The number of carbonyl (C=O) groups is 2. The second-order valence-electron chi connectivity index (χ2n) is 6.50. The van der Waals surface area contributed by atoms with Crippen molar-refractivity contribution in [3.05, 3.63) is 71.2 Å². The molecule has 0 saturated heterocycles. The number of anilines is 2. The lowest BCUT2D eigenvalue weighted by Gasteiger charge is -2.07. The number of nitrogens with one attached hydrogen (secondary N) is 2. The van der Waals surface area contributed by atoms with Gasteiger partial charge in [0.05, 0.1) is 29.2 Å². The number of rotatable bonds is 9. The summed E-state index contributed by atoms with van der Waals surface area (Å²) in [5, 5.41) is 4.49. The van der Waals surface area contributed by atoms with E-state index in [0.29, 0.717) is 23.6 Å². The molecule has 1 heterocycles. The topological polar surface area (TPSA) is 114 Å². The van der Waals surface area contributed by atoms with E-state index >= 15 is 0 Å². The predicted octanol–water partition coefficient (Wildman–Crippen LogP) is 3.69. The van der Waals surface area contributed by atoms with Gasteiger partial charge in [0.15, 0.2) is 5.13 Å². The normalized spacial score (nSPS) is 11.0. The lowest BCUT2D eigenvalue weighted by atomic mass is 10.2. The van der Waals surface area contributed by atoms with Crippen LogP contribution in [0.3, 0.4) is 0 Å². The lowest BCUT2D eigenvalue weighted by molar-refractivity contribution is -0.115. The minimum absolute atomic E-state index is 0.0475. The van der Waals surface area contributed by atoms with Crippen molar-refractivity contribution in [1.82, 2.24) is 4.98 Å². The average Bonchev–Trinajstić information content (AvgIpc) is 3.18. The number of ether oxygens (including phenoxy) is 1. The molecule has 0 unspecified atom stereocenters. The molecule has 1 amide bonds. The highest BCUT2D eigenvalue weighted by atomic mass is 32.2.